The van der Waals surface area contributed by atoms with Crippen LogP contribution >= 0.6 is 31.9 Å². The minimum atomic E-state index is -0.680. The predicted octanol–water partition coefficient (Wildman–Crippen LogP) is 4.05. The third-order valence-corrected chi connectivity index (χ3v) is 6.35. The number of rotatable bonds is 3. The number of halogens is 2. The molecule has 0 N–H and O–H groups in total. The van der Waals surface area contributed by atoms with Crippen LogP contribution in [0.2, 0.25) is 0 Å². The Morgan fingerprint density at radius 3 is 2.24 bits per heavy atom. The van der Waals surface area contributed by atoms with Gasteiger partial charge in [0.1, 0.15) is 20.5 Å². The van der Waals surface area contributed by atoms with Crippen molar-refractivity contribution in [3.8, 4) is 11.5 Å². The van der Waals surface area contributed by atoms with E-state index in [1.807, 2.05) is 6.92 Å². The largest absolute Gasteiger partial charge is 0.500 e. The molecule has 7 heteroatoms. The average Bonchev–Trinajstić information content (AvgIpc) is 2.59. The second kappa shape index (κ2) is 6.29. The topological polar surface area (TPSA) is 61.8 Å². The van der Waals surface area contributed by atoms with E-state index in [1.165, 1.54) is 21.3 Å². The van der Waals surface area contributed by atoms with Gasteiger partial charge in [-0.3, -0.25) is 9.59 Å². The smallest absolute Gasteiger partial charge is 0.201 e. The first-order valence-electron chi connectivity index (χ1n) is 7.51. The summed E-state index contributed by atoms with van der Waals surface area (Å²) in [7, 11) is 4.44. The molecule has 0 heterocycles. The molecule has 0 fully saturated rings. The number of methoxy groups -OCH3 is 3. The van der Waals surface area contributed by atoms with Gasteiger partial charge in [-0.15, -0.1) is 0 Å². The quantitative estimate of drug-likeness (QED) is 0.622. The van der Waals surface area contributed by atoms with Crippen LogP contribution in [0.3, 0.4) is 0 Å². The van der Waals surface area contributed by atoms with Crippen molar-refractivity contribution < 1.29 is 23.8 Å². The number of allylic oxidation sites excluding steroid dienone is 4. The van der Waals surface area contributed by atoms with E-state index in [-0.39, 0.29) is 34.2 Å². The molecule has 1 atom stereocenters. The summed E-state index contributed by atoms with van der Waals surface area (Å²) in [6.45, 7) is 1.90. The summed E-state index contributed by atoms with van der Waals surface area (Å²) in [4.78, 5) is 26.3. The zero-order valence-electron chi connectivity index (χ0n) is 14.1. The van der Waals surface area contributed by atoms with Crippen LogP contribution < -0.4 is 9.47 Å². The van der Waals surface area contributed by atoms with Gasteiger partial charge < -0.3 is 14.2 Å². The molecular weight excluding hydrogens is 456 g/mol. The maximum Gasteiger partial charge on any atom is 0.201 e. The van der Waals surface area contributed by atoms with Crippen LogP contribution in [0, 0.1) is 5.92 Å². The van der Waals surface area contributed by atoms with E-state index < -0.39 is 3.23 Å². The van der Waals surface area contributed by atoms with Crippen LogP contribution in [0.1, 0.15) is 27.6 Å². The lowest BCUT2D eigenvalue weighted by atomic mass is 9.76. The minimum Gasteiger partial charge on any atom is -0.500 e. The maximum atomic E-state index is 13.2. The monoisotopic (exact) mass is 470 g/mol. The third kappa shape index (κ3) is 2.64. The Morgan fingerprint density at radius 1 is 1.00 bits per heavy atom. The molecule has 5 nitrogen and oxygen atoms in total. The zero-order chi connectivity index (χ0) is 18.5. The number of fused-ring (bicyclic) bond motifs is 2. The van der Waals surface area contributed by atoms with Crippen LogP contribution in [-0.2, 0) is 4.74 Å². The summed E-state index contributed by atoms with van der Waals surface area (Å²) < 4.78 is 15.4. The second-order valence-electron chi connectivity index (χ2n) is 5.81. The molecular formula is C18H16Br2O5. The van der Waals surface area contributed by atoms with E-state index in [0.29, 0.717) is 22.8 Å². The molecule has 0 saturated heterocycles. The Kier molecular flexibility index (Phi) is 4.58. The van der Waals surface area contributed by atoms with Gasteiger partial charge in [0.25, 0.3) is 0 Å². The van der Waals surface area contributed by atoms with E-state index in [0.717, 1.165) is 0 Å². The van der Waals surface area contributed by atoms with Gasteiger partial charge in [0, 0.05) is 23.1 Å². The summed E-state index contributed by atoms with van der Waals surface area (Å²) in [6.07, 6.45) is 1.71. The van der Waals surface area contributed by atoms with Gasteiger partial charge >= 0.3 is 0 Å². The molecule has 0 spiro atoms. The summed E-state index contributed by atoms with van der Waals surface area (Å²) >= 11 is 7.12. The molecule has 2 aliphatic carbocycles. The normalized spacial score (nSPS) is 21.4. The summed E-state index contributed by atoms with van der Waals surface area (Å²) in [5.41, 5.74) is 1.08. The number of Topliss-reactive ketones (excluding diaryl/α,β-unsaturated/α-hetero) is 2. The van der Waals surface area contributed by atoms with Gasteiger partial charge in [0.15, 0.2) is 5.78 Å². The van der Waals surface area contributed by atoms with Crippen molar-refractivity contribution in [3.05, 3.63) is 46.2 Å². The molecule has 2 aliphatic rings. The highest BCUT2D eigenvalue weighted by Gasteiger charge is 2.46. The highest BCUT2D eigenvalue weighted by Crippen LogP contribution is 2.50. The SMILES string of the molecule is COC1=C2C(=O)c3c(OC)cc(OC)cc3C(=O)C2=CC(Br)(Br)C1C. The molecule has 1 aromatic carbocycles. The van der Waals surface area contributed by atoms with Gasteiger partial charge in [-0.2, -0.15) is 0 Å². The minimum absolute atomic E-state index is 0.196. The zero-order valence-corrected chi connectivity index (χ0v) is 17.3. The van der Waals surface area contributed by atoms with E-state index >= 15 is 0 Å². The Hall–Kier alpha value is -1.60. The molecule has 0 bridgehead atoms. The molecule has 1 unspecified atom stereocenters. The van der Waals surface area contributed by atoms with E-state index in [9.17, 15) is 9.59 Å². The van der Waals surface area contributed by atoms with Gasteiger partial charge in [0.05, 0.1) is 32.5 Å². The third-order valence-electron chi connectivity index (χ3n) is 4.52. The summed E-state index contributed by atoms with van der Waals surface area (Å²) in [5.74, 6) is 0.444. The van der Waals surface area contributed by atoms with Crippen molar-refractivity contribution in [1.82, 2.24) is 0 Å². The molecule has 0 amide bonds. The van der Waals surface area contributed by atoms with Crippen molar-refractivity contribution in [3.63, 3.8) is 0 Å². The van der Waals surface area contributed by atoms with Gasteiger partial charge in [-0.25, -0.2) is 0 Å². The summed E-state index contributed by atoms with van der Waals surface area (Å²) in [5, 5.41) is 0. The molecule has 1 aromatic rings. The van der Waals surface area contributed by atoms with Gasteiger partial charge in [0.2, 0.25) is 5.78 Å². The second-order valence-corrected chi connectivity index (χ2v) is 9.50. The fraction of sp³-hybridized carbons (Fsp3) is 0.333. The number of benzene rings is 1. The van der Waals surface area contributed by atoms with Gasteiger partial charge in [-0.1, -0.05) is 38.8 Å². The number of ketones is 2. The van der Waals surface area contributed by atoms with Crippen molar-refractivity contribution in [2.45, 2.75) is 10.2 Å². The number of ether oxygens (including phenoxy) is 3. The van der Waals surface area contributed by atoms with E-state index in [4.69, 9.17) is 14.2 Å². The Balaban J connectivity index is 2.36. The first-order chi connectivity index (χ1) is 11.8. The molecule has 0 radical (unpaired) electrons. The number of hydrogen-bond donors (Lipinski definition) is 0. The molecule has 0 saturated carbocycles. The standard InChI is InChI=1S/C18H16Br2O5/c1-8-17(25-4)14-11(7-18(8,19)20)15(21)10-5-9(23-2)6-12(24-3)13(10)16(14)22/h5-8H,1-4H3. The highest BCUT2D eigenvalue weighted by atomic mass is 79.9. The molecule has 25 heavy (non-hydrogen) atoms. The van der Waals surface area contributed by atoms with Crippen LogP contribution in [0.15, 0.2) is 35.1 Å². The highest BCUT2D eigenvalue weighted by molar-refractivity contribution is 9.25. The number of hydrogen-bond acceptors (Lipinski definition) is 5. The first-order valence-corrected chi connectivity index (χ1v) is 9.10. The number of alkyl halides is 2. The van der Waals surface area contributed by atoms with Crippen molar-refractivity contribution >= 4 is 43.4 Å². The molecule has 0 aromatic heterocycles. The lowest BCUT2D eigenvalue weighted by molar-refractivity contribution is 0.0956. The maximum absolute atomic E-state index is 13.2. The lowest BCUT2D eigenvalue weighted by Crippen LogP contribution is -2.35. The molecule has 3 rings (SSSR count). The summed E-state index contributed by atoms with van der Waals surface area (Å²) in [6, 6.07) is 3.15. The number of carbonyl (C=O) groups excluding carboxylic acids is 2. The van der Waals surface area contributed by atoms with Crippen LogP contribution in [0.5, 0.6) is 11.5 Å². The predicted molar refractivity (Wildman–Crippen MR) is 100 cm³/mol. The van der Waals surface area contributed by atoms with Crippen LogP contribution in [0.4, 0.5) is 0 Å². The van der Waals surface area contributed by atoms with Crippen molar-refractivity contribution in [2.75, 3.05) is 21.3 Å². The first kappa shape index (κ1) is 18.2. The van der Waals surface area contributed by atoms with Crippen molar-refractivity contribution in [1.29, 1.82) is 0 Å². The fourth-order valence-corrected chi connectivity index (χ4v) is 4.03. The lowest BCUT2D eigenvalue weighted by Gasteiger charge is -2.35. The van der Waals surface area contributed by atoms with E-state index in [2.05, 4.69) is 31.9 Å². The molecule has 0 aliphatic heterocycles. The average molecular weight is 472 g/mol. The Morgan fingerprint density at radius 2 is 1.68 bits per heavy atom. The van der Waals surface area contributed by atoms with Crippen molar-refractivity contribution in [2.24, 2.45) is 5.92 Å². The van der Waals surface area contributed by atoms with E-state index in [1.54, 1.807) is 18.2 Å². The number of carbonyl (C=O) groups is 2. The Bertz CT molecular complexity index is 851. The van der Waals surface area contributed by atoms with Crippen LogP contribution in [0.25, 0.3) is 0 Å². The van der Waals surface area contributed by atoms with Gasteiger partial charge in [-0.05, 0) is 12.1 Å². The fourth-order valence-electron chi connectivity index (χ4n) is 3.16. The van der Waals surface area contributed by atoms with Crippen LogP contribution in [-0.4, -0.2) is 36.1 Å². The molecule has 132 valence electrons. The Labute approximate surface area is 162 Å².